The van der Waals surface area contributed by atoms with Crippen LogP contribution in [0.3, 0.4) is 0 Å². The standard InChI is InChI=1S/C22H22N4O3/c1-26(2)17-10-8-16(9-11-17)24-22(28)19-14-15(12-13-23-19)21(27)25-18-6-4-5-7-20(18)29-3/h4-14H,1-3H3,(H,24,28)(H,25,27). The summed E-state index contributed by atoms with van der Waals surface area (Å²) in [5.74, 6) is -0.204. The molecule has 2 amide bonds. The van der Waals surface area contributed by atoms with E-state index in [2.05, 4.69) is 15.6 Å². The van der Waals surface area contributed by atoms with Crippen molar-refractivity contribution in [1.29, 1.82) is 0 Å². The molecule has 0 bridgehead atoms. The molecule has 7 heteroatoms. The van der Waals surface area contributed by atoms with E-state index < -0.39 is 5.91 Å². The number of anilines is 3. The Labute approximate surface area is 169 Å². The van der Waals surface area contributed by atoms with Crippen molar-refractivity contribution >= 4 is 28.9 Å². The maximum Gasteiger partial charge on any atom is 0.274 e. The zero-order chi connectivity index (χ0) is 20.8. The van der Waals surface area contributed by atoms with Gasteiger partial charge in [-0.05, 0) is 48.5 Å². The van der Waals surface area contributed by atoms with Crippen LogP contribution in [0.1, 0.15) is 20.8 Å². The molecule has 0 spiro atoms. The highest BCUT2D eigenvalue weighted by atomic mass is 16.5. The minimum absolute atomic E-state index is 0.148. The van der Waals surface area contributed by atoms with Gasteiger partial charge in [-0.1, -0.05) is 12.1 Å². The first-order valence-corrected chi connectivity index (χ1v) is 8.97. The van der Waals surface area contributed by atoms with Crippen LogP contribution in [0, 0.1) is 0 Å². The van der Waals surface area contributed by atoms with E-state index in [0.29, 0.717) is 22.7 Å². The number of para-hydroxylation sites is 2. The van der Waals surface area contributed by atoms with Crippen LogP contribution >= 0.6 is 0 Å². The van der Waals surface area contributed by atoms with Crippen LogP contribution in [0.15, 0.2) is 66.9 Å². The van der Waals surface area contributed by atoms with Gasteiger partial charge in [0.05, 0.1) is 12.8 Å². The van der Waals surface area contributed by atoms with Crippen LogP contribution in [-0.2, 0) is 0 Å². The Kier molecular flexibility index (Phi) is 6.09. The van der Waals surface area contributed by atoms with Crippen molar-refractivity contribution in [2.75, 3.05) is 36.7 Å². The summed E-state index contributed by atoms with van der Waals surface area (Å²) in [6.07, 6.45) is 1.43. The van der Waals surface area contributed by atoms with Gasteiger partial charge in [-0.15, -0.1) is 0 Å². The average molecular weight is 390 g/mol. The molecule has 0 atom stereocenters. The number of carbonyl (C=O) groups excluding carboxylic acids is 2. The summed E-state index contributed by atoms with van der Waals surface area (Å²) >= 11 is 0. The summed E-state index contributed by atoms with van der Waals surface area (Å²) in [5.41, 5.74) is 2.68. The van der Waals surface area contributed by atoms with Crippen molar-refractivity contribution in [2.45, 2.75) is 0 Å². The van der Waals surface area contributed by atoms with Crippen molar-refractivity contribution in [2.24, 2.45) is 0 Å². The zero-order valence-electron chi connectivity index (χ0n) is 16.5. The summed E-state index contributed by atoms with van der Waals surface area (Å²) in [7, 11) is 5.42. The zero-order valence-corrected chi connectivity index (χ0v) is 16.5. The average Bonchev–Trinajstić information content (AvgIpc) is 2.74. The number of carbonyl (C=O) groups is 2. The number of hydrogen-bond donors (Lipinski definition) is 2. The fourth-order valence-electron chi connectivity index (χ4n) is 2.68. The molecule has 1 aromatic heterocycles. The third-order valence-corrected chi connectivity index (χ3v) is 4.25. The molecule has 0 aliphatic rings. The van der Waals surface area contributed by atoms with Crippen molar-refractivity contribution in [3.8, 4) is 5.75 Å². The Balaban J connectivity index is 1.72. The third-order valence-electron chi connectivity index (χ3n) is 4.25. The van der Waals surface area contributed by atoms with Gasteiger partial charge in [0, 0.05) is 37.2 Å². The number of rotatable bonds is 6. The van der Waals surface area contributed by atoms with Gasteiger partial charge in [0.15, 0.2) is 0 Å². The van der Waals surface area contributed by atoms with E-state index in [1.807, 2.05) is 49.3 Å². The molecular formula is C22H22N4O3. The first-order chi connectivity index (χ1) is 14.0. The molecule has 0 aliphatic heterocycles. The number of nitrogens with zero attached hydrogens (tertiary/aromatic N) is 2. The largest absolute Gasteiger partial charge is 0.495 e. The summed E-state index contributed by atoms with van der Waals surface area (Å²) in [5, 5.41) is 5.57. The Hall–Kier alpha value is -3.87. The van der Waals surface area contributed by atoms with Gasteiger partial charge in [-0.25, -0.2) is 0 Å². The van der Waals surface area contributed by atoms with E-state index in [1.54, 1.807) is 24.3 Å². The second kappa shape index (κ2) is 8.88. The van der Waals surface area contributed by atoms with E-state index in [4.69, 9.17) is 4.74 Å². The van der Waals surface area contributed by atoms with Crippen LogP contribution < -0.4 is 20.3 Å². The lowest BCUT2D eigenvalue weighted by Crippen LogP contribution is -2.17. The van der Waals surface area contributed by atoms with E-state index in [0.717, 1.165) is 5.69 Å². The molecule has 29 heavy (non-hydrogen) atoms. The van der Waals surface area contributed by atoms with Crippen molar-refractivity contribution in [3.63, 3.8) is 0 Å². The topological polar surface area (TPSA) is 83.6 Å². The number of pyridine rings is 1. The lowest BCUT2D eigenvalue weighted by Gasteiger charge is -2.13. The highest BCUT2D eigenvalue weighted by molar-refractivity contribution is 6.08. The predicted octanol–water partition coefficient (Wildman–Crippen LogP) is 3.66. The molecule has 0 saturated carbocycles. The lowest BCUT2D eigenvalue weighted by molar-refractivity contribution is 0.102. The fraction of sp³-hybridized carbons (Fsp3) is 0.136. The maximum absolute atomic E-state index is 12.6. The summed E-state index contributed by atoms with van der Waals surface area (Å²) in [4.78, 5) is 31.2. The monoisotopic (exact) mass is 390 g/mol. The van der Waals surface area contributed by atoms with E-state index in [1.165, 1.54) is 19.4 Å². The smallest absolute Gasteiger partial charge is 0.274 e. The number of hydrogen-bond acceptors (Lipinski definition) is 5. The number of ether oxygens (including phenoxy) is 1. The van der Waals surface area contributed by atoms with Gasteiger partial charge in [0.2, 0.25) is 0 Å². The van der Waals surface area contributed by atoms with Crippen LogP contribution in [0.25, 0.3) is 0 Å². The van der Waals surface area contributed by atoms with Crippen LogP contribution in [0.2, 0.25) is 0 Å². The lowest BCUT2D eigenvalue weighted by atomic mass is 10.2. The van der Waals surface area contributed by atoms with Crippen molar-refractivity contribution in [3.05, 3.63) is 78.1 Å². The Morgan fingerprint density at radius 3 is 2.34 bits per heavy atom. The number of amides is 2. The molecular weight excluding hydrogens is 368 g/mol. The molecule has 0 unspecified atom stereocenters. The van der Waals surface area contributed by atoms with E-state index in [-0.39, 0.29) is 11.6 Å². The molecule has 3 rings (SSSR count). The highest BCUT2D eigenvalue weighted by Gasteiger charge is 2.14. The van der Waals surface area contributed by atoms with Crippen molar-refractivity contribution < 1.29 is 14.3 Å². The molecule has 0 fully saturated rings. The van der Waals surface area contributed by atoms with Gasteiger partial charge in [0.25, 0.3) is 11.8 Å². The number of methoxy groups -OCH3 is 1. The summed E-state index contributed by atoms with van der Waals surface area (Å²) in [6, 6.07) is 17.5. The highest BCUT2D eigenvalue weighted by Crippen LogP contribution is 2.23. The minimum Gasteiger partial charge on any atom is -0.495 e. The van der Waals surface area contributed by atoms with Gasteiger partial charge in [0.1, 0.15) is 11.4 Å². The number of aromatic nitrogens is 1. The third kappa shape index (κ3) is 4.90. The van der Waals surface area contributed by atoms with E-state index in [9.17, 15) is 9.59 Å². The van der Waals surface area contributed by atoms with Crippen molar-refractivity contribution in [1.82, 2.24) is 4.98 Å². The molecule has 0 aliphatic carbocycles. The molecule has 148 valence electrons. The molecule has 7 nitrogen and oxygen atoms in total. The first kappa shape index (κ1) is 19.9. The molecule has 2 N–H and O–H groups in total. The van der Waals surface area contributed by atoms with E-state index >= 15 is 0 Å². The molecule has 1 heterocycles. The molecule has 0 saturated heterocycles. The van der Waals surface area contributed by atoms with Gasteiger partial charge >= 0.3 is 0 Å². The summed E-state index contributed by atoms with van der Waals surface area (Å²) in [6.45, 7) is 0. The minimum atomic E-state index is -0.394. The fourth-order valence-corrected chi connectivity index (χ4v) is 2.68. The molecule has 2 aromatic carbocycles. The van der Waals surface area contributed by atoms with Crippen LogP contribution in [0.4, 0.5) is 17.1 Å². The van der Waals surface area contributed by atoms with Crippen LogP contribution in [-0.4, -0.2) is 38.0 Å². The predicted molar refractivity (Wildman–Crippen MR) is 114 cm³/mol. The Morgan fingerprint density at radius 2 is 1.66 bits per heavy atom. The number of benzene rings is 2. The maximum atomic E-state index is 12.6. The Morgan fingerprint density at radius 1 is 0.931 bits per heavy atom. The SMILES string of the molecule is COc1ccccc1NC(=O)c1ccnc(C(=O)Nc2ccc(N(C)C)cc2)c1. The molecule has 0 radical (unpaired) electrons. The summed E-state index contributed by atoms with van der Waals surface area (Å²) < 4.78 is 5.24. The first-order valence-electron chi connectivity index (χ1n) is 8.97. The van der Waals surface area contributed by atoms with Gasteiger partial charge < -0.3 is 20.3 Å². The normalized spacial score (nSPS) is 10.2. The molecule has 3 aromatic rings. The number of nitrogens with one attached hydrogen (secondary N) is 2. The van der Waals surface area contributed by atoms with Crippen LogP contribution in [0.5, 0.6) is 5.75 Å². The quantitative estimate of drug-likeness (QED) is 0.671. The second-order valence-corrected chi connectivity index (χ2v) is 6.48. The van der Waals surface area contributed by atoms with Gasteiger partial charge in [-0.3, -0.25) is 14.6 Å². The Bertz CT molecular complexity index is 1020. The second-order valence-electron chi connectivity index (χ2n) is 6.48. The van der Waals surface area contributed by atoms with Gasteiger partial charge in [-0.2, -0.15) is 0 Å².